The molecule has 5 unspecified atom stereocenters. The molecule has 2 nitrogen and oxygen atoms in total. The highest BCUT2D eigenvalue weighted by Crippen LogP contribution is 2.38. The van der Waals surface area contributed by atoms with Crippen LogP contribution in [0.15, 0.2) is 0 Å². The summed E-state index contributed by atoms with van der Waals surface area (Å²) in [7, 11) is 0. The van der Waals surface area contributed by atoms with Gasteiger partial charge in [-0.1, -0.05) is 27.7 Å². The Kier molecular flexibility index (Phi) is 3.27. The monoisotopic (exact) mass is 199 g/mol. The Bertz CT molecular complexity index is 197. The maximum Gasteiger partial charge on any atom is 0.0597 e. The Balaban J connectivity index is 2.77. The molecule has 1 saturated heterocycles. The molecule has 2 heteroatoms. The van der Waals surface area contributed by atoms with Gasteiger partial charge in [-0.25, -0.2) is 0 Å². The molecule has 0 saturated carbocycles. The first-order valence-corrected chi connectivity index (χ1v) is 5.66. The van der Waals surface area contributed by atoms with E-state index in [0.717, 1.165) is 0 Å². The summed E-state index contributed by atoms with van der Waals surface area (Å²) in [6, 6.07) is 0.220. The van der Waals surface area contributed by atoms with Gasteiger partial charge >= 0.3 is 0 Å². The van der Waals surface area contributed by atoms with Crippen molar-refractivity contribution in [3.63, 3.8) is 0 Å². The molecule has 0 aliphatic carbocycles. The van der Waals surface area contributed by atoms with Crippen LogP contribution >= 0.6 is 0 Å². The molecule has 0 spiro atoms. The fourth-order valence-corrected chi connectivity index (χ4v) is 2.49. The van der Waals surface area contributed by atoms with Gasteiger partial charge in [0, 0.05) is 12.0 Å². The van der Waals surface area contributed by atoms with Crippen molar-refractivity contribution < 1.29 is 4.74 Å². The van der Waals surface area contributed by atoms with Gasteiger partial charge in [0.15, 0.2) is 0 Å². The van der Waals surface area contributed by atoms with Crippen LogP contribution in [0.4, 0.5) is 0 Å². The average molecular weight is 199 g/mol. The maximum absolute atomic E-state index is 6.32. The molecule has 0 aromatic carbocycles. The van der Waals surface area contributed by atoms with Gasteiger partial charge in [-0.15, -0.1) is 0 Å². The fraction of sp³-hybridized carbons (Fsp3) is 1.00. The van der Waals surface area contributed by atoms with Gasteiger partial charge in [-0.3, -0.25) is 0 Å². The first-order valence-electron chi connectivity index (χ1n) is 5.66. The van der Waals surface area contributed by atoms with Crippen molar-refractivity contribution in [2.45, 2.75) is 59.8 Å². The molecular formula is C12H25NO. The van der Waals surface area contributed by atoms with Crippen molar-refractivity contribution in [3.8, 4) is 0 Å². The summed E-state index contributed by atoms with van der Waals surface area (Å²) >= 11 is 0. The lowest BCUT2D eigenvalue weighted by molar-refractivity contribution is 0.0439. The van der Waals surface area contributed by atoms with Gasteiger partial charge in [-0.2, -0.15) is 0 Å². The van der Waals surface area contributed by atoms with Gasteiger partial charge < -0.3 is 10.5 Å². The molecule has 1 rings (SSSR count). The quantitative estimate of drug-likeness (QED) is 0.704. The Hall–Kier alpha value is -0.0800. The Morgan fingerprint density at radius 2 is 1.57 bits per heavy atom. The first kappa shape index (κ1) is 12.0. The molecule has 84 valence electrons. The van der Waals surface area contributed by atoms with Gasteiger partial charge in [0.1, 0.15) is 0 Å². The lowest BCUT2D eigenvalue weighted by Crippen LogP contribution is -2.46. The minimum absolute atomic E-state index is 0.167. The highest BCUT2D eigenvalue weighted by Gasteiger charge is 2.43. The molecule has 0 aromatic heterocycles. The standard InChI is InChI=1S/C12H25NO/c1-7-8(2)14-9(3)10(7)11(13)12(4,5)6/h7-11H,13H2,1-6H3. The molecule has 0 aromatic rings. The smallest absolute Gasteiger partial charge is 0.0597 e. The topological polar surface area (TPSA) is 35.2 Å². The average Bonchev–Trinajstić information content (AvgIpc) is 2.24. The maximum atomic E-state index is 6.32. The first-order chi connectivity index (χ1) is 6.25. The van der Waals surface area contributed by atoms with E-state index in [9.17, 15) is 0 Å². The molecular weight excluding hydrogens is 174 g/mol. The van der Waals surface area contributed by atoms with Crippen molar-refractivity contribution in [2.24, 2.45) is 23.0 Å². The van der Waals surface area contributed by atoms with Gasteiger partial charge in [0.05, 0.1) is 12.2 Å². The highest BCUT2D eigenvalue weighted by atomic mass is 16.5. The predicted octanol–water partition coefficient (Wildman–Crippen LogP) is 2.42. The second-order valence-electron chi connectivity index (χ2n) is 5.87. The number of rotatable bonds is 1. The summed E-state index contributed by atoms with van der Waals surface area (Å²) in [6.45, 7) is 13.2. The minimum atomic E-state index is 0.167. The van der Waals surface area contributed by atoms with Crippen molar-refractivity contribution >= 4 is 0 Å². The van der Waals surface area contributed by atoms with E-state index in [1.807, 2.05) is 0 Å². The van der Waals surface area contributed by atoms with Crippen LogP contribution in [-0.4, -0.2) is 18.2 Å². The van der Waals surface area contributed by atoms with E-state index in [-0.39, 0.29) is 11.5 Å². The SMILES string of the molecule is CC1OC(C)C(C(N)C(C)(C)C)C1C. The Labute approximate surface area is 88.2 Å². The number of hydrogen-bond acceptors (Lipinski definition) is 2. The summed E-state index contributed by atoms with van der Waals surface area (Å²) in [6.07, 6.45) is 0.651. The summed E-state index contributed by atoms with van der Waals surface area (Å²) in [5, 5.41) is 0. The molecule has 2 N–H and O–H groups in total. The lowest BCUT2D eigenvalue weighted by Gasteiger charge is -2.35. The summed E-state index contributed by atoms with van der Waals surface area (Å²) in [4.78, 5) is 0. The van der Waals surface area contributed by atoms with E-state index in [4.69, 9.17) is 10.5 Å². The van der Waals surface area contributed by atoms with Crippen LogP contribution in [-0.2, 0) is 4.74 Å². The highest BCUT2D eigenvalue weighted by molar-refractivity contribution is 4.94. The Morgan fingerprint density at radius 1 is 1.07 bits per heavy atom. The molecule has 0 radical (unpaired) electrons. The summed E-state index contributed by atoms with van der Waals surface area (Å²) in [5.41, 5.74) is 6.49. The van der Waals surface area contributed by atoms with E-state index >= 15 is 0 Å². The zero-order valence-electron chi connectivity index (χ0n) is 10.4. The normalized spacial score (nSPS) is 41.4. The third kappa shape index (κ3) is 2.12. The van der Waals surface area contributed by atoms with Crippen LogP contribution in [0.5, 0.6) is 0 Å². The zero-order valence-corrected chi connectivity index (χ0v) is 10.4. The third-order valence-corrected chi connectivity index (χ3v) is 3.73. The van der Waals surface area contributed by atoms with E-state index in [1.165, 1.54) is 0 Å². The van der Waals surface area contributed by atoms with Crippen LogP contribution < -0.4 is 5.73 Å². The van der Waals surface area contributed by atoms with Crippen molar-refractivity contribution in [1.29, 1.82) is 0 Å². The van der Waals surface area contributed by atoms with Crippen LogP contribution in [0.1, 0.15) is 41.5 Å². The summed E-state index contributed by atoms with van der Waals surface area (Å²) < 4.78 is 5.82. The van der Waals surface area contributed by atoms with Crippen molar-refractivity contribution in [2.75, 3.05) is 0 Å². The molecule has 5 atom stereocenters. The second kappa shape index (κ2) is 3.82. The van der Waals surface area contributed by atoms with E-state index in [2.05, 4.69) is 41.5 Å². The lowest BCUT2D eigenvalue weighted by atomic mass is 9.73. The van der Waals surface area contributed by atoms with Crippen LogP contribution in [0, 0.1) is 17.3 Å². The summed E-state index contributed by atoms with van der Waals surface area (Å²) in [5.74, 6) is 1.06. The molecule has 14 heavy (non-hydrogen) atoms. The minimum Gasteiger partial charge on any atom is -0.375 e. The van der Waals surface area contributed by atoms with E-state index in [0.29, 0.717) is 24.0 Å². The molecule has 1 fully saturated rings. The van der Waals surface area contributed by atoms with Crippen molar-refractivity contribution in [3.05, 3.63) is 0 Å². The Morgan fingerprint density at radius 3 is 1.86 bits per heavy atom. The second-order valence-corrected chi connectivity index (χ2v) is 5.87. The molecule has 1 aliphatic rings. The number of nitrogens with two attached hydrogens (primary N) is 1. The number of ether oxygens (including phenoxy) is 1. The molecule has 0 bridgehead atoms. The van der Waals surface area contributed by atoms with Crippen LogP contribution in [0.2, 0.25) is 0 Å². The molecule has 1 heterocycles. The van der Waals surface area contributed by atoms with Gasteiger partial charge in [0.25, 0.3) is 0 Å². The van der Waals surface area contributed by atoms with Crippen LogP contribution in [0.3, 0.4) is 0 Å². The van der Waals surface area contributed by atoms with Crippen LogP contribution in [0.25, 0.3) is 0 Å². The van der Waals surface area contributed by atoms with Crippen molar-refractivity contribution in [1.82, 2.24) is 0 Å². The number of hydrogen-bond donors (Lipinski definition) is 1. The van der Waals surface area contributed by atoms with Gasteiger partial charge in [0.2, 0.25) is 0 Å². The third-order valence-electron chi connectivity index (χ3n) is 3.73. The molecule has 1 aliphatic heterocycles. The zero-order chi connectivity index (χ0) is 11.1. The molecule has 0 amide bonds. The predicted molar refractivity (Wildman–Crippen MR) is 60.1 cm³/mol. The van der Waals surface area contributed by atoms with E-state index < -0.39 is 0 Å². The largest absolute Gasteiger partial charge is 0.375 e. The van der Waals surface area contributed by atoms with E-state index in [1.54, 1.807) is 0 Å². The van der Waals surface area contributed by atoms with Gasteiger partial charge in [-0.05, 0) is 25.2 Å². The fourth-order valence-electron chi connectivity index (χ4n) is 2.49.